The third-order valence-electron chi connectivity index (χ3n) is 3.96. The van der Waals surface area contributed by atoms with Crippen LogP contribution >= 0.6 is 12.4 Å². The molecule has 4 rings (SSSR count). The lowest BCUT2D eigenvalue weighted by Crippen LogP contribution is -2.29. The Labute approximate surface area is 139 Å². The highest BCUT2D eigenvalue weighted by Gasteiger charge is 2.21. The first-order valence-corrected chi connectivity index (χ1v) is 7.29. The number of hydrogen-bond acceptors (Lipinski definition) is 6. The molecule has 2 aromatic heterocycles. The Morgan fingerprint density at radius 3 is 3.00 bits per heavy atom. The molecular weight excluding hydrogens is 316 g/mol. The average Bonchev–Trinajstić information content (AvgIpc) is 3.19. The van der Waals surface area contributed by atoms with E-state index in [1.807, 2.05) is 18.2 Å². The number of furan rings is 1. The Hall–Kier alpha value is -2.47. The summed E-state index contributed by atoms with van der Waals surface area (Å²) in [5.41, 5.74) is 10.1. The monoisotopic (exact) mass is 332 g/mol. The van der Waals surface area contributed by atoms with Crippen molar-refractivity contribution in [3.05, 3.63) is 48.2 Å². The summed E-state index contributed by atoms with van der Waals surface area (Å²) in [6.07, 6.45) is 5.28. The molecule has 0 radical (unpaired) electrons. The Kier molecular flexibility index (Phi) is 4.25. The molecule has 120 valence electrons. The summed E-state index contributed by atoms with van der Waals surface area (Å²) < 4.78 is 10.4. The first-order chi connectivity index (χ1) is 10.8. The van der Waals surface area contributed by atoms with Crippen LogP contribution in [0, 0.1) is 0 Å². The molecule has 0 fully saturated rings. The van der Waals surface area contributed by atoms with E-state index in [4.69, 9.17) is 14.7 Å². The van der Waals surface area contributed by atoms with E-state index in [-0.39, 0.29) is 12.4 Å². The number of hydrogen-bond donors (Lipinski definition) is 1. The third-order valence-corrected chi connectivity index (χ3v) is 3.96. The molecule has 0 amide bonds. The first kappa shape index (κ1) is 15.4. The van der Waals surface area contributed by atoms with E-state index in [1.165, 1.54) is 5.56 Å². The summed E-state index contributed by atoms with van der Waals surface area (Å²) in [6, 6.07) is 7.84. The van der Waals surface area contributed by atoms with Crippen molar-refractivity contribution in [2.75, 3.05) is 17.2 Å². The lowest BCUT2D eigenvalue weighted by atomic mass is 10.00. The number of nitrogen functional groups attached to an aromatic ring is 1. The molecule has 3 aromatic rings. The zero-order chi connectivity index (χ0) is 14.9. The Bertz CT molecular complexity index is 785. The molecule has 1 aromatic carbocycles. The smallest absolute Gasteiger partial charge is 0.246 e. The maximum atomic E-state index is 6.08. The van der Waals surface area contributed by atoms with E-state index in [1.54, 1.807) is 12.5 Å². The normalized spacial score (nSPS) is 13.5. The van der Waals surface area contributed by atoms with Crippen molar-refractivity contribution in [2.45, 2.75) is 19.4 Å². The predicted octanol–water partition coefficient (Wildman–Crippen LogP) is 3.29. The van der Waals surface area contributed by atoms with Crippen molar-refractivity contribution in [1.29, 1.82) is 0 Å². The van der Waals surface area contributed by atoms with Crippen LogP contribution in [0.15, 0.2) is 45.7 Å². The molecule has 7 heteroatoms. The van der Waals surface area contributed by atoms with E-state index in [0.29, 0.717) is 18.3 Å². The number of fused-ring (bicyclic) bond motifs is 1. The zero-order valence-corrected chi connectivity index (χ0v) is 13.3. The molecule has 0 bridgehead atoms. The van der Waals surface area contributed by atoms with Crippen LogP contribution in [-0.2, 0) is 13.0 Å². The van der Waals surface area contributed by atoms with Crippen LogP contribution in [-0.4, -0.2) is 16.7 Å². The first-order valence-electron chi connectivity index (χ1n) is 7.29. The van der Waals surface area contributed by atoms with Crippen molar-refractivity contribution in [1.82, 2.24) is 10.1 Å². The van der Waals surface area contributed by atoms with E-state index < -0.39 is 0 Å². The van der Waals surface area contributed by atoms with Crippen molar-refractivity contribution in [3.8, 4) is 11.4 Å². The fraction of sp³-hybridized carbons (Fsp3) is 0.250. The van der Waals surface area contributed by atoms with Crippen LogP contribution in [0.3, 0.4) is 0 Å². The van der Waals surface area contributed by atoms with E-state index in [2.05, 4.69) is 21.1 Å². The average molecular weight is 333 g/mol. The van der Waals surface area contributed by atoms with E-state index in [0.717, 1.165) is 36.3 Å². The molecule has 0 spiro atoms. The largest absolute Gasteiger partial charge is 0.472 e. The molecule has 0 saturated carbocycles. The number of nitrogens with two attached hydrogens (primary N) is 1. The van der Waals surface area contributed by atoms with Gasteiger partial charge in [-0.05, 0) is 36.6 Å². The van der Waals surface area contributed by atoms with Gasteiger partial charge in [0.15, 0.2) is 0 Å². The number of aromatic nitrogens is 2. The predicted molar refractivity (Wildman–Crippen MR) is 89.5 cm³/mol. The summed E-state index contributed by atoms with van der Waals surface area (Å²) in [5.74, 6) is 1.14. The SMILES string of the molecule is Cl.Nc1cccc2c1CCCN2Cc1nc(-c2ccoc2)no1. The molecule has 0 saturated heterocycles. The van der Waals surface area contributed by atoms with Gasteiger partial charge >= 0.3 is 0 Å². The van der Waals surface area contributed by atoms with Crippen LogP contribution in [0.25, 0.3) is 11.4 Å². The van der Waals surface area contributed by atoms with Crippen LogP contribution in [0.2, 0.25) is 0 Å². The van der Waals surface area contributed by atoms with Crippen molar-refractivity contribution in [3.63, 3.8) is 0 Å². The van der Waals surface area contributed by atoms with Gasteiger partial charge in [-0.3, -0.25) is 0 Å². The summed E-state index contributed by atoms with van der Waals surface area (Å²) in [4.78, 5) is 6.67. The van der Waals surface area contributed by atoms with Gasteiger partial charge < -0.3 is 19.6 Å². The van der Waals surface area contributed by atoms with E-state index >= 15 is 0 Å². The van der Waals surface area contributed by atoms with Crippen LogP contribution in [0.5, 0.6) is 0 Å². The molecule has 0 aliphatic carbocycles. The number of nitrogens with zero attached hydrogens (tertiary/aromatic N) is 3. The van der Waals surface area contributed by atoms with Crippen LogP contribution in [0.4, 0.5) is 11.4 Å². The van der Waals surface area contributed by atoms with Gasteiger partial charge in [-0.1, -0.05) is 11.2 Å². The van der Waals surface area contributed by atoms with Crippen molar-refractivity contribution in [2.24, 2.45) is 0 Å². The summed E-state index contributed by atoms with van der Waals surface area (Å²) in [5, 5.41) is 4.00. The molecular formula is C16H17ClN4O2. The maximum absolute atomic E-state index is 6.08. The number of rotatable bonds is 3. The molecule has 23 heavy (non-hydrogen) atoms. The van der Waals surface area contributed by atoms with Gasteiger partial charge in [0, 0.05) is 17.9 Å². The second-order valence-corrected chi connectivity index (χ2v) is 5.39. The van der Waals surface area contributed by atoms with Gasteiger partial charge in [0.2, 0.25) is 11.7 Å². The highest BCUT2D eigenvalue weighted by molar-refractivity contribution is 5.85. The fourth-order valence-corrected chi connectivity index (χ4v) is 2.88. The quantitative estimate of drug-likeness (QED) is 0.741. The molecule has 1 aliphatic rings. The third kappa shape index (κ3) is 2.90. The topological polar surface area (TPSA) is 81.3 Å². The van der Waals surface area contributed by atoms with Gasteiger partial charge in [-0.15, -0.1) is 12.4 Å². The summed E-state index contributed by atoms with van der Waals surface area (Å²) in [7, 11) is 0. The van der Waals surface area contributed by atoms with Gasteiger partial charge in [0.05, 0.1) is 18.4 Å². The standard InChI is InChI=1S/C16H16N4O2.ClH/c17-13-4-1-5-14-12(13)3-2-7-20(14)9-15-18-16(19-22-15)11-6-8-21-10-11;/h1,4-6,8,10H,2-3,7,9,17H2;1H. The Morgan fingerprint density at radius 2 is 2.17 bits per heavy atom. The molecule has 1 aliphatic heterocycles. The van der Waals surface area contributed by atoms with Crippen LogP contribution in [0.1, 0.15) is 17.9 Å². The van der Waals surface area contributed by atoms with Gasteiger partial charge in [0.1, 0.15) is 6.26 Å². The lowest BCUT2D eigenvalue weighted by Gasteiger charge is -2.30. The fourth-order valence-electron chi connectivity index (χ4n) is 2.88. The number of anilines is 2. The maximum Gasteiger partial charge on any atom is 0.246 e. The molecule has 0 atom stereocenters. The Balaban J connectivity index is 0.00000156. The minimum Gasteiger partial charge on any atom is -0.472 e. The van der Waals surface area contributed by atoms with Crippen molar-refractivity contribution >= 4 is 23.8 Å². The lowest BCUT2D eigenvalue weighted by molar-refractivity contribution is 0.375. The Morgan fingerprint density at radius 1 is 1.26 bits per heavy atom. The molecule has 2 N–H and O–H groups in total. The second-order valence-electron chi connectivity index (χ2n) is 5.39. The molecule has 0 unspecified atom stereocenters. The second kappa shape index (κ2) is 6.34. The van der Waals surface area contributed by atoms with Gasteiger partial charge in [-0.25, -0.2) is 0 Å². The highest BCUT2D eigenvalue weighted by atomic mass is 35.5. The van der Waals surface area contributed by atoms with Crippen LogP contribution < -0.4 is 10.6 Å². The minimum atomic E-state index is 0. The number of benzene rings is 1. The number of halogens is 1. The molecule has 3 heterocycles. The minimum absolute atomic E-state index is 0. The van der Waals surface area contributed by atoms with Crippen molar-refractivity contribution < 1.29 is 8.94 Å². The summed E-state index contributed by atoms with van der Waals surface area (Å²) in [6.45, 7) is 1.54. The van der Waals surface area contributed by atoms with E-state index in [9.17, 15) is 0 Å². The summed E-state index contributed by atoms with van der Waals surface area (Å²) >= 11 is 0. The van der Waals surface area contributed by atoms with Gasteiger partial charge in [0.25, 0.3) is 0 Å². The highest BCUT2D eigenvalue weighted by Crippen LogP contribution is 2.32. The zero-order valence-electron chi connectivity index (χ0n) is 12.4. The van der Waals surface area contributed by atoms with Gasteiger partial charge in [-0.2, -0.15) is 4.98 Å². The molecule has 6 nitrogen and oxygen atoms in total.